The Morgan fingerprint density at radius 2 is 1.67 bits per heavy atom. The van der Waals surface area contributed by atoms with Gasteiger partial charge in [0.25, 0.3) is 5.56 Å². The van der Waals surface area contributed by atoms with Crippen LogP contribution in [0, 0.1) is 6.92 Å². The summed E-state index contributed by atoms with van der Waals surface area (Å²) in [6.07, 6.45) is 4.31. The van der Waals surface area contributed by atoms with Crippen LogP contribution >= 0.6 is 11.9 Å². The fourth-order valence-corrected chi connectivity index (χ4v) is 5.15. The maximum absolute atomic E-state index is 12.8. The minimum Gasteiger partial charge on any atom is -0.381 e. The van der Waals surface area contributed by atoms with Crippen LogP contribution in [0.4, 0.5) is 5.69 Å². The number of ether oxygens (including phenoxy) is 1. The number of carbonyl (C=O) groups excluding carboxylic acids is 1. The number of amides is 1. The van der Waals surface area contributed by atoms with Gasteiger partial charge in [-0.1, -0.05) is 44.0 Å². The second-order valence-electron chi connectivity index (χ2n) is 7.91. The largest absolute Gasteiger partial charge is 0.381 e. The summed E-state index contributed by atoms with van der Waals surface area (Å²) >= 11 is 1.99. The monoisotopic (exact) mass is 475 g/mol. The summed E-state index contributed by atoms with van der Waals surface area (Å²) in [5.41, 5.74) is 6.64. The van der Waals surface area contributed by atoms with Gasteiger partial charge in [0.05, 0.1) is 17.6 Å². The summed E-state index contributed by atoms with van der Waals surface area (Å²) in [5.74, 6) is 0. The van der Waals surface area contributed by atoms with Crippen LogP contribution < -0.4 is 16.2 Å². The predicted octanol–water partition coefficient (Wildman–Crippen LogP) is 3.01. The van der Waals surface area contributed by atoms with Crippen LogP contribution in [0.5, 0.6) is 0 Å². The molecule has 2 aliphatic rings. The van der Waals surface area contributed by atoms with Gasteiger partial charge in [-0.2, -0.15) is 9.78 Å². The van der Waals surface area contributed by atoms with Crippen LogP contribution in [0.1, 0.15) is 39.2 Å². The Morgan fingerprint density at radius 3 is 2.24 bits per heavy atom. The van der Waals surface area contributed by atoms with E-state index in [0.717, 1.165) is 69.2 Å². The second-order valence-corrected chi connectivity index (χ2v) is 9.60. The highest BCUT2D eigenvalue weighted by atomic mass is 32.2. The van der Waals surface area contributed by atoms with E-state index >= 15 is 0 Å². The second kappa shape index (κ2) is 13.4. The van der Waals surface area contributed by atoms with Crippen LogP contribution in [0.3, 0.4) is 0 Å². The molecule has 0 radical (unpaired) electrons. The number of anilines is 1. The predicted molar refractivity (Wildman–Crippen MR) is 136 cm³/mol. The Labute approximate surface area is 201 Å². The van der Waals surface area contributed by atoms with Gasteiger partial charge in [0.1, 0.15) is 0 Å². The zero-order chi connectivity index (χ0) is 24.3. The minimum absolute atomic E-state index is 0.0461. The molecule has 0 bridgehead atoms. The first-order valence-electron chi connectivity index (χ1n) is 11.5. The van der Waals surface area contributed by atoms with Gasteiger partial charge in [-0.25, -0.2) is 4.31 Å². The van der Waals surface area contributed by atoms with Gasteiger partial charge in [0.2, 0.25) is 6.41 Å². The van der Waals surface area contributed by atoms with Crippen molar-refractivity contribution in [1.82, 2.24) is 14.1 Å². The Kier molecular flexibility index (Phi) is 10.9. The van der Waals surface area contributed by atoms with E-state index in [1.807, 2.05) is 69.2 Å². The molecule has 0 unspecified atom stereocenters. The third-order valence-corrected chi connectivity index (χ3v) is 7.15. The molecule has 2 fully saturated rings. The molecule has 2 aromatic rings. The number of carbonyl (C=O) groups is 1. The van der Waals surface area contributed by atoms with Crippen molar-refractivity contribution in [2.75, 3.05) is 44.3 Å². The number of rotatable bonds is 4. The fourth-order valence-electron chi connectivity index (χ4n) is 3.83. The third kappa shape index (κ3) is 7.31. The molecule has 9 heteroatoms. The number of primary amides is 1. The summed E-state index contributed by atoms with van der Waals surface area (Å²) in [6, 6.07) is 9.58. The molecule has 3 heterocycles. The first kappa shape index (κ1) is 26.9. The van der Waals surface area contributed by atoms with Crippen molar-refractivity contribution in [3.05, 3.63) is 52.4 Å². The molecule has 8 nitrogen and oxygen atoms in total. The van der Waals surface area contributed by atoms with Crippen LogP contribution in [-0.4, -0.2) is 64.6 Å². The zero-order valence-corrected chi connectivity index (χ0v) is 21.0. The average Bonchev–Trinajstić information content (AvgIpc) is 2.84. The number of nitrogens with zero attached hydrogens (tertiary/aromatic N) is 4. The summed E-state index contributed by atoms with van der Waals surface area (Å²) in [4.78, 5) is 23.7. The molecule has 1 amide bonds. The standard InChI is InChI=1S/C21H28N4O2S.C2H6.CH3NO/c1-17-19(16-22-25(20(17)26)18-6-4-3-5-7-18)23-10-12-24(13-11-23)28-21(2)8-14-27-15-9-21;1-2;2-1-3/h3-7,16H,8-15H2,1-2H3;1-2H3;1H,(H2,2,3). The Hall–Kier alpha value is -2.36. The molecule has 2 aliphatic heterocycles. The molecule has 1 aromatic heterocycles. The van der Waals surface area contributed by atoms with Crippen LogP contribution in [0.25, 0.3) is 5.69 Å². The topological polar surface area (TPSA) is 93.7 Å². The molecule has 4 rings (SSSR count). The lowest BCUT2D eigenvalue weighted by Gasteiger charge is -2.41. The highest BCUT2D eigenvalue weighted by Crippen LogP contribution is 2.37. The van der Waals surface area contributed by atoms with Crippen molar-refractivity contribution in [3.63, 3.8) is 0 Å². The molecule has 2 N–H and O–H groups in total. The van der Waals surface area contributed by atoms with Gasteiger partial charge in [-0.3, -0.25) is 9.59 Å². The van der Waals surface area contributed by atoms with E-state index in [0.29, 0.717) is 0 Å². The number of hydrogen-bond donors (Lipinski definition) is 1. The number of nitrogens with two attached hydrogens (primary N) is 1. The number of benzene rings is 1. The summed E-state index contributed by atoms with van der Waals surface area (Å²) in [6.45, 7) is 13.8. The van der Waals surface area contributed by atoms with E-state index in [9.17, 15) is 4.79 Å². The molecular formula is C24H37N5O3S. The number of para-hydroxylation sites is 1. The molecule has 0 atom stereocenters. The SMILES string of the molecule is CC.Cc1c(N2CCN(SC3(C)CCOCC3)CC2)cnn(-c2ccccc2)c1=O.NC=O. The lowest BCUT2D eigenvalue weighted by atomic mass is 10.0. The molecular weight excluding hydrogens is 438 g/mol. The van der Waals surface area contributed by atoms with Gasteiger partial charge >= 0.3 is 0 Å². The van der Waals surface area contributed by atoms with E-state index in [2.05, 4.69) is 27.0 Å². The Morgan fingerprint density at radius 1 is 1.09 bits per heavy atom. The van der Waals surface area contributed by atoms with Crippen molar-refractivity contribution in [3.8, 4) is 5.69 Å². The summed E-state index contributed by atoms with van der Waals surface area (Å²) in [5, 5.41) is 4.44. The van der Waals surface area contributed by atoms with Gasteiger partial charge in [-0.05, 0) is 38.8 Å². The van der Waals surface area contributed by atoms with Crippen molar-refractivity contribution in [2.45, 2.75) is 45.3 Å². The van der Waals surface area contributed by atoms with Crippen molar-refractivity contribution < 1.29 is 9.53 Å². The Bertz CT molecular complexity index is 908. The zero-order valence-electron chi connectivity index (χ0n) is 20.2. The molecule has 0 spiro atoms. The molecule has 0 aliphatic carbocycles. The van der Waals surface area contributed by atoms with E-state index in [1.165, 1.54) is 4.68 Å². The van der Waals surface area contributed by atoms with E-state index in [-0.39, 0.29) is 16.7 Å². The molecule has 0 saturated carbocycles. The quantitative estimate of drug-likeness (QED) is 0.537. The first-order valence-corrected chi connectivity index (χ1v) is 12.3. The van der Waals surface area contributed by atoms with Crippen LogP contribution in [0.2, 0.25) is 0 Å². The number of hydrogen-bond acceptors (Lipinski definition) is 7. The lowest BCUT2D eigenvalue weighted by molar-refractivity contribution is -0.106. The van der Waals surface area contributed by atoms with E-state index in [4.69, 9.17) is 9.53 Å². The normalized spacial score (nSPS) is 17.8. The molecule has 1 aromatic carbocycles. The van der Waals surface area contributed by atoms with Gasteiger partial charge in [-0.15, -0.1) is 0 Å². The maximum Gasteiger partial charge on any atom is 0.276 e. The smallest absolute Gasteiger partial charge is 0.276 e. The van der Waals surface area contributed by atoms with Crippen molar-refractivity contribution in [2.24, 2.45) is 5.73 Å². The number of aromatic nitrogens is 2. The fraction of sp³-hybridized carbons (Fsp3) is 0.542. The Balaban J connectivity index is 0.000000714. The minimum atomic E-state index is -0.0461. The van der Waals surface area contributed by atoms with Gasteiger partial charge in [0.15, 0.2) is 0 Å². The highest BCUT2D eigenvalue weighted by molar-refractivity contribution is 7.98. The van der Waals surface area contributed by atoms with Gasteiger partial charge in [0, 0.05) is 49.7 Å². The highest BCUT2D eigenvalue weighted by Gasteiger charge is 2.32. The van der Waals surface area contributed by atoms with Crippen molar-refractivity contribution in [1.29, 1.82) is 0 Å². The third-order valence-electron chi connectivity index (χ3n) is 5.67. The molecule has 2 saturated heterocycles. The van der Waals surface area contributed by atoms with Crippen molar-refractivity contribution >= 4 is 24.0 Å². The van der Waals surface area contributed by atoms with Gasteiger partial charge < -0.3 is 15.4 Å². The van der Waals surface area contributed by atoms with Crippen LogP contribution in [-0.2, 0) is 9.53 Å². The summed E-state index contributed by atoms with van der Waals surface area (Å²) in [7, 11) is 0. The lowest BCUT2D eigenvalue weighted by Crippen LogP contribution is -2.46. The molecule has 33 heavy (non-hydrogen) atoms. The van der Waals surface area contributed by atoms with Crippen LogP contribution in [0.15, 0.2) is 41.3 Å². The van der Waals surface area contributed by atoms with E-state index < -0.39 is 0 Å². The first-order chi connectivity index (χ1) is 16.0. The molecule has 182 valence electrons. The van der Waals surface area contributed by atoms with E-state index in [1.54, 1.807) is 0 Å². The maximum atomic E-state index is 12.8. The number of piperazine rings is 1. The average molecular weight is 476 g/mol. The summed E-state index contributed by atoms with van der Waals surface area (Å²) < 4.78 is 9.77.